The topological polar surface area (TPSA) is 9.23 Å². The Kier molecular flexibility index (Phi) is 10.9. The van der Waals surface area contributed by atoms with E-state index in [2.05, 4.69) is 4.74 Å². The molecule has 0 unspecified atom stereocenters. The monoisotopic (exact) mass is 576 g/mol. The summed E-state index contributed by atoms with van der Waals surface area (Å²) in [5, 5.41) is 0. The Morgan fingerprint density at radius 1 is 0.417 bits per heavy atom. The number of hydrogen-bond acceptors (Lipinski definition) is 1. The average Bonchev–Trinajstić information content (AvgIpc) is 2.70. The Morgan fingerprint density at radius 3 is 1.19 bits per heavy atom. The molecule has 0 bridgehead atoms. The third kappa shape index (κ3) is 6.08. The molecule has 0 aromatic rings. The van der Waals surface area contributed by atoms with Crippen molar-refractivity contribution in [3.05, 3.63) is 0 Å². The van der Waals surface area contributed by atoms with E-state index in [9.17, 15) is 74.6 Å². The third-order valence-corrected chi connectivity index (χ3v) is 4.99. The van der Waals surface area contributed by atoms with E-state index in [1.54, 1.807) is 0 Å². The number of hydrogen-bond donors (Lipinski definition) is 0. The highest BCUT2D eigenvalue weighted by atomic mass is 19.4. The minimum Gasteiger partial charge on any atom is -0.381 e. The normalized spacial score (nSPS) is 15.5. The van der Waals surface area contributed by atoms with Crippen molar-refractivity contribution >= 4 is 0 Å². The van der Waals surface area contributed by atoms with Gasteiger partial charge in [0.25, 0.3) is 0 Å². The molecule has 0 aromatic carbocycles. The predicted molar refractivity (Wildman–Crippen MR) is 89.5 cm³/mol. The van der Waals surface area contributed by atoms with Crippen molar-refractivity contribution in [2.75, 3.05) is 13.2 Å². The van der Waals surface area contributed by atoms with Crippen LogP contribution in [0.1, 0.15) is 51.9 Å². The van der Waals surface area contributed by atoms with E-state index in [4.69, 9.17) is 0 Å². The lowest BCUT2D eigenvalue weighted by molar-refractivity contribution is -0.462. The van der Waals surface area contributed by atoms with Gasteiger partial charge in [0, 0.05) is 13.0 Å². The second kappa shape index (κ2) is 11.3. The maximum absolute atomic E-state index is 13.6. The Bertz CT molecular complexity index is 684. The van der Waals surface area contributed by atoms with E-state index >= 15 is 0 Å². The molecule has 0 aromatic heterocycles. The van der Waals surface area contributed by atoms with Crippen molar-refractivity contribution in [2.24, 2.45) is 0 Å². The highest BCUT2D eigenvalue weighted by molar-refractivity contribution is 5.15. The van der Waals surface area contributed by atoms with Gasteiger partial charge in [-0.05, 0) is 6.42 Å². The van der Waals surface area contributed by atoms with Gasteiger partial charge >= 0.3 is 47.6 Å². The summed E-state index contributed by atoms with van der Waals surface area (Å²) in [6, 6.07) is 0. The van der Waals surface area contributed by atoms with E-state index in [-0.39, 0.29) is 6.42 Å². The molecule has 18 heteroatoms. The number of ether oxygens (including phenoxy) is 1. The van der Waals surface area contributed by atoms with Crippen molar-refractivity contribution in [1.82, 2.24) is 0 Å². The molecular formula is C18H21F17O. The van der Waals surface area contributed by atoms with Crippen LogP contribution in [0.25, 0.3) is 0 Å². The lowest BCUT2D eigenvalue weighted by Gasteiger charge is -2.42. The largest absolute Gasteiger partial charge is 0.460 e. The van der Waals surface area contributed by atoms with Gasteiger partial charge in [-0.25, -0.2) is 0 Å². The van der Waals surface area contributed by atoms with Gasteiger partial charge in [-0.3, -0.25) is 0 Å². The van der Waals surface area contributed by atoms with Crippen LogP contribution in [-0.4, -0.2) is 60.8 Å². The van der Waals surface area contributed by atoms with Gasteiger partial charge in [-0.1, -0.05) is 39.0 Å². The average molecular weight is 576 g/mol. The van der Waals surface area contributed by atoms with Crippen LogP contribution >= 0.6 is 0 Å². The summed E-state index contributed by atoms with van der Waals surface area (Å²) in [5.74, 6) is -56.1. The molecule has 0 heterocycles. The molecule has 0 aliphatic rings. The molecule has 0 fully saturated rings. The lowest BCUT2D eigenvalue weighted by Crippen LogP contribution is -2.74. The zero-order valence-electron chi connectivity index (χ0n) is 18.2. The first kappa shape index (κ1) is 34.8. The predicted octanol–water partition coefficient (Wildman–Crippen LogP) is 8.76. The minimum atomic E-state index is -8.60. The lowest BCUT2D eigenvalue weighted by atomic mass is 9.88. The summed E-state index contributed by atoms with van der Waals surface area (Å²) < 4.78 is 228. The van der Waals surface area contributed by atoms with Gasteiger partial charge in [0.15, 0.2) is 0 Å². The number of rotatable bonds is 16. The molecule has 0 amide bonds. The molecule has 0 saturated carbocycles. The molecule has 1 nitrogen and oxygen atoms in total. The molecule has 0 aliphatic carbocycles. The number of alkyl halides is 17. The Balaban J connectivity index is 5.71. The summed E-state index contributed by atoms with van der Waals surface area (Å²) in [5.41, 5.74) is 0. The van der Waals surface area contributed by atoms with Crippen LogP contribution in [0.4, 0.5) is 74.6 Å². The van der Waals surface area contributed by atoms with Crippen LogP contribution in [0.5, 0.6) is 0 Å². The fraction of sp³-hybridized carbons (Fsp3) is 1.00. The molecular weight excluding hydrogens is 555 g/mol. The number of halogens is 17. The molecule has 0 radical (unpaired) electrons. The van der Waals surface area contributed by atoms with Crippen LogP contribution in [-0.2, 0) is 4.74 Å². The first-order chi connectivity index (χ1) is 15.8. The van der Waals surface area contributed by atoms with E-state index in [0.717, 1.165) is 19.3 Å². The highest BCUT2D eigenvalue weighted by Crippen LogP contribution is 2.64. The maximum Gasteiger partial charge on any atom is 0.460 e. The van der Waals surface area contributed by atoms with Gasteiger partial charge in [-0.15, -0.1) is 0 Å². The highest BCUT2D eigenvalue weighted by Gasteiger charge is 2.95. The van der Waals surface area contributed by atoms with Crippen molar-refractivity contribution < 1.29 is 79.4 Å². The molecule has 218 valence electrons. The molecule has 0 rings (SSSR count). The fourth-order valence-electron chi connectivity index (χ4n) is 2.64. The molecule has 0 N–H and O–H groups in total. The zero-order valence-corrected chi connectivity index (χ0v) is 18.2. The summed E-state index contributed by atoms with van der Waals surface area (Å²) in [6.45, 7) is -0.0575. The molecule has 0 atom stereocenters. The van der Waals surface area contributed by atoms with Crippen LogP contribution in [0.2, 0.25) is 0 Å². The Morgan fingerprint density at radius 2 is 0.778 bits per heavy atom. The second-order valence-electron chi connectivity index (χ2n) is 7.78. The SMILES string of the molecule is CCCCCCCCOCCC(F)(F)C(F)(F)C(F)(F)C(F)(F)C(F)(F)C(F)(F)C(F)(F)C(F)(F)F. The van der Waals surface area contributed by atoms with Crippen molar-refractivity contribution in [1.29, 1.82) is 0 Å². The van der Waals surface area contributed by atoms with Crippen molar-refractivity contribution in [2.45, 2.75) is 99.5 Å². The van der Waals surface area contributed by atoms with Gasteiger partial charge in [0.05, 0.1) is 6.61 Å². The van der Waals surface area contributed by atoms with Crippen LogP contribution in [0.15, 0.2) is 0 Å². The Labute approximate surface area is 193 Å². The van der Waals surface area contributed by atoms with Gasteiger partial charge in [0.1, 0.15) is 0 Å². The van der Waals surface area contributed by atoms with E-state index in [1.165, 1.54) is 0 Å². The van der Waals surface area contributed by atoms with Gasteiger partial charge in [-0.2, -0.15) is 74.6 Å². The summed E-state index contributed by atoms with van der Waals surface area (Å²) in [4.78, 5) is 0. The minimum absolute atomic E-state index is 0.161. The van der Waals surface area contributed by atoms with Crippen LogP contribution < -0.4 is 0 Å². The summed E-state index contributed by atoms with van der Waals surface area (Å²) >= 11 is 0. The zero-order chi connectivity index (χ0) is 29.1. The second-order valence-corrected chi connectivity index (χ2v) is 7.78. The molecule has 0 saturated heterocycles. The first-order valence-corrected chi connectivity index (χ1v) is 10.1. The third-order valence-electron chi connectivity index (χ3n) is 4.99. The smallest absolute Gasteiger partial charge is 0.381 e. The first-order valence-electron chi connectivity index (χ1n) is 10.1. The van der Waals surface area contributed by atoms with E-state index < -0.39 is 67.3 Å². The summed E-state index contributed by atoms with van der Waals surface area (Å²) in [6.07, 6.45) is -6.52. The van der Waals surface area contributed by atoms with E-state index in [0.29, 0.717) is 12.8 Å². The maximum atomic E-state index is 13.6. The number of unbranched alkanes of at least 4 members (excludes halogenated alkanes) is 5. The van der Waals surface area contributed by atoms with Crippen LogP contribution in [0.3, 0.4) is 0 Å². The van der Waals surface area contributed by atoms with Gasteiger partial charge in [0.2, 0.25) is 0 Å². The molecule has 36 heavy (non-hydrogen) atoms. The quantitative estimate of drug-likeness (QED) is 0.132. The van der Waals surface area contributed by atoms with Crippen LogP contribution in [0, 0.1) is 0 Å². The summed E-state index contributed by atoms with van der Waals surface area (Å²) in [7, 11) is 0. The van der Waals surface area contributed by atoms with Crippen molar-refractivity contribution in [3.63, 3.8) is 0 Å². The molecule has 0 aliphatic heterocycles. The van der Waals surface area contributed by atoms with E-state index in [1.807, 2.05) is 6.92 Å². The van der Waals surface area contributed by atoms with Gasteiger partial charge < -0.3 is 4.74 Å². The fourth-order valence-corrected chi connectivity index (χ4v) is 2.64. The standard InChI is InChI=1S/C18H21F17O/c1-2-3-4-5-6-7-9-36-10-8-11(19,20)12(21,22)13(23,24)14(25,26)15(27,28)16(29,30)17(31,32)18(33,34)35/h2-10H2,1H3. The molecule has 0 spiro atoms. The Hall–Kier alpha value is -1.23. The van der Waals surface area contributed by atoms with Crippen molar-refractivity contribution in [3.8, 4) is 0 Å².